The molecule has 1 fully saturated rings. The molecule has 1 aromatic rings. The monoisotopic (exact) mass is 281 g/mol. The highest BCUT2D eigenvalue weighted by Crippen LogP contribution is 2.27. The average molecular weight is 281 g/mol. The van der Waals surface area contributed by atoms with Crippen molar-refractivity contribution < 1.29 is 9.18 Å². The quantitative estimate of drug-likeness (QED) is 0.918. The zero-order chi connectivity index (χ0) is 13.8. The van der Waals surface area contributed by atoms with Crippen molar-refractivity contribution in [1.29, 1.82) is 0 Å². The van der Waals surface area contributed by atoms with E-state index in [9.17, 15) is 9.18 Å². The summed E-state index contributed by atoms with van der Waals surface area (Å²) in [6, 6.07) is 4.77. The van der Waals surface area contributed by atoms with Crippen LogP contribution in [0.25, 0.3) is 0 Å². The molecule has 1 aliphatic carbocycles. The van der Waals surface area contributed by atoms with Crippen LogP contribution in [0.1, 0.15) is 41.6 Å². The van der Waals surface area contributed by atoms with Gasteiger partial charge in [0.15, 0.2) is 0 Å². The van der Waals surface area contributed by atoms with Crippen LogP contribution in [0.15, 0.2) is 18.2 Å². The maximum Gasteiger partial charge on any atom is 0.251 e. The zero-order valence-corrected chi connectivity index (χ0v) is 12.2. The molecule has 2 nitrogen and oxygen atoms in total. The number of nitrogens with one attached hydrogen (secondary N) is 1. The van der Waals surface area contributed by atoms with Gasteiger partial charge in [0.25, 0.3) is 5.91 Å². The fourth-order valence-electron chi connectivity index (χ4n) is 2.54. The van der Waals surface area contributed by atoms with E-state index in [2.05, 4.69) is 11.6 Å². The number of amides is 1. The number of hydrogen-bond acceptors (Lipinski definition) is 2. The van der Waals surface area contributed by atoms with Crippen LogP contribution in [-0.2, 0) is 0 Å². The summed E-state index contributed by atoms with van der Waals surface area (Å²) in [5.41, 5.74) is 1.06. The Morgan fingerprint density at radius 2 is 2.21 bits per heavy atom. The van der Waals surface area contributed by atoms with E-state index in [4.69, 9.17) is 0 Å². The van der Waals surface area contributed by atoms with Gasteiger partial charge in [-0.3, -0.25) is 4.79 Å². The van der Waals surface area contributed by atoms with Crippen LogP contribution in [0.3, 0.4) is 0 Å². The molecule has 104 valence electrons. The molecular weight excluding hydrogens is 261 g/mol. The van der Waals surface area contributed by atoms with Crippen molar-refractivity contribution in [2.24, 2.45) is 0 Å². The van der Waals surface area contributed by atoms with Crippen molar-refractivity contribution in [2.45, 2.75) is 43.9 Å². The Morgan fingerprint density at radius 3 is 2.89 bits per heavy atom. The van der Waals surface area contributed by atoms with Crippen LogP contribution < -0.4 is 5.32 Å². The van der Waals surface area contributed by atoms with Gasteiger partial charge in [-0.05, 0) is 56.2 Å². The van der Waals surface area contributed by atoms with Crippen LogP contribution in [0.4, 0.5) is 4.39 Å². The molecule has 0 spiro atoms. The Kier molecular flexibility index (Phi) is 4.86. The highest BCUT2D eigenvalue weighted by atomic mass is 32.2. The highest BCUT2D eigenvalue weighted by molar-refractivity contribution is 7.99. The van der Waals surface area contributed by atoms with Crippen molar-refractivity contribution in [2.75, 3.05) is 6.26 Å². The average Bonchev–Trinajstić information content (AvgIpc) is 2.42. The minimum absolute atomic E-state index is 0.0881. The van der Waals surface area contributed by atoms with Gasteiger partial charge in [-0.2, -0.15) is 11.8 Å². The van der Waals surface area contributed by atoms with Gasteiger partial charge in [0.05, 0.1) is 0 Å². The van der Waals surface area contributed by atoms with Crippen LogP contribution in [0, 0.1) is 12.7 Å². The van der Waals surface area contributed by atoms with E-state index in [0.29, 0.717) is 16.4 Å². The van der Waals surface area contributed by atoms with E-state index in [1.54, 1.807) is 19.1 Å². The third kappa shape index (κ3) is 3.72. The van der Waals surface area contributed by atoms with E-state index < -0.39 is 0 Å². The maximum atomic E-state index is 13.2. The van der Waals surface area contributed by atoms with E-state index in [1.165, 1.54) is 18.9 Å². The van der Waals surface area contributed by atoms with Gasteiger partial charge in [-0.25, -0.2) is 4.39 Å². The van der Waals surface area contributed by atoms with Crippen molar-refractivity contribution >= 4 is 17.7 Å². The Labute approximate surface area is 118 Å². The molecule has 1 N–H and O–H groups in total. The number of carbonyl (C=O) groups is 1. The van der Waals surface area contributed by atoms with Crippen molar-refractivity contribution in [3.8, 4) is 0 Å². The Morgan fingerprint density at radius 1 is 1.42 bits per heavy atom. The van der Waals surface area contributed by atoms with Gasteiger partial charge in [0.2, 0.25) is 0 Å². The van der Waals surface area contributed by atoms with Gasteiger partial charge in [0.1, 0.15) is 5.82 Å². The summed E-state index contributed by atoms with van der Waals surface area (Å²) in [6.07, 6.45) is 6.61. The molecule has 0 radical (unpaired) electrons. The summed E-state index contributed by atoms with van der Waals surface area (Å²) in [7, 11) is 0. The maximum absolute atomic E-state index is 13.2. The standard InChI is InChI=1S/C15H20FNOS/c1-10-8-11(6-7-14(10)16)15(18)17-12-4-3-5-13(9-12)19-2/h6-8,12-13H,3-5,9H2,1-2H3,(H,17,18). The fourth-order valence-corrected chi connectivity index (χ4v) is 3.37. The fraction of sp³-hybridized carbons (Fsp3) is 0.533. The van der Waals surface area contributed by atoms with E-state index in [0.717, 1.165) is 12.8 Å². The number of hydrogen-bond donors (Lipinski definition) is 1. The van der Waals surface area contributed by atoms with E-state index >= 15 is 0 Å². The molecule has 1 aromatic carbocycles. The molecule has 1 saturated carbocycles. The molecule has 2 rings (SSSR count). The Bertz CT molecular complexity index is 463. The number of benzene rings is 1. The van der Waals surface area contributed by atoms with Gasteiger partial charge in [0, 0.05) is 16.9 Å². The molecule has 2 unspecified atom stereocenters. The summed E-state index contributed by atoms with van der Waals surface area (Å²) in [6.45, 7) is 1.68. The molecule has 4 heteroatoms. The van der Waals surface area contributed by atoms with E-state index in [-0.39, 0.29) is 17.8 Å². The lowest BCUT2D eigenvalue weighted by Gasteiger charge is -2.28. The summed E-state index contributed by atoms with van der Waals surface area (Å²) in [5, 5.41) is 3.72. The normalized spacial score (nSPS) is 23.1. The number of halogens is 1. The Balaban J connectivity index is 1.98. The predicted octanol–water partition coefficient (Wildman–Crippen LogP) is 3.54. The summed E-state index contributed by atoms with van der Waals surface area (Å²) in [4.78, 5) is 12.1. The molecule has 0 saturated heterocycles. The Hall–Kier alpha value is -1.03. The van der Waals surface area contributed by atoms with Crippen molar-refractivity contribution in [3.05, 3.63) is 35.1 Å². The molecular formula is C15H20FNOS. The molecule has 1 amide bonds. The second-order valence-corrected chi connectivity index (χ2v) is 6.30. The second-order valence-electron chi connectivity index (χ2n) is 5.16. The summed E-state index contributed by atoms with van der Waals surface area (Å²) in [5.74, 6) is -0.355. The van der Waals surface area contributed by atoms with Gasteiger partial charge in [-0.15, -0.1) is 0 Å². The molecule has 0 aromatic heterocycles. The molecule has 0 aliphatic heterocycles. The minimum Gasteiger partial charge on any atom is -0.349 e. The van der Waals surface area contributed by atoms with Crippen LogP contribution in [-0.4, -0.2) is 23.5 Å². The highest BCUT2D eigenvalue weighted by Gasteiger charge is 2.23. The number of rotatable bonds is 3. The van der Waals surface area contributed by atoms with Crippen LogP contribution in [0.5, 0.6) is 0 Å². The minimum atomic E-state index is -0.267. The number of aryl methyl sites for hydroxylation is 1. The predicted molar refractivity (Wildman–Crippen MR) is 78.2 cm³/mol. The second kappa shape index (κ2) is 6.42. The third-order valence-electron chi connectivity index (χ3n) is 3.71. The smallest absolute Gasteiger partial charge is 0.251 e. The van der Waals surface area contributed by atoms with Crippen LogP contribution in [0.2, 0.25) is 0 Å². The first-order valence-corrected chi connectivity index (χ1v) is 7.98. The number of carbonyl (C=O) groups excluding carboxylic acids is 1. The molecule has 1 aliphatic rings. The topological polar surface area (TPSA) is 29.1 Å². The molecule has 19 heavy (non-hydrogen) atoms. The summed E-state index contributed by atoms with van der Waals surface area (Å²) >= 11 is 1.88. The van der Waals surface area contributed by atoms with E-state index in [1.807, 2.05) is 11.8 Å². The van der Waals surface area contributed by atoms with Gasteiger partial charge in [-0.1, -0.05) is 6.42 Å². The number of thioether (sulfide) groups is 1. The SMILES string of the molecule is CSC1CCCC(NC(=O)c2ccc(F)c(C)c2)C1. The molecule has 2 atom stereocenters. The lowest BCUT2D eigenvalue weighted by atomic mass is 9.94. The first kappa shape index (κ1) is 14.4. The van der Waals surface area contributed by atoms with Crippen LogP contribution >= 0.6 is 11.8 Å². The summed E-state index contributed by atoms with van der Waals surface area (Å²) < 4.78 is 13.2. The lowest BCUT2D eigenvalue weighted by Crippen LogP contribution is -2.39. The lowest BCUT2D eigenvalue weighted by molar-refractivity contribution is 0.0928. The molecule has 0 heterocycles. The van der Waals surface area contributed by atoms with Crippen molar-refractivity contribution in [3.63, 3.8) is 0 Å². The third-order valence-corrected chi connectivity index (χ3v) is 4.81. The first-order valence-electron chi connectivity index (χ1n) is 6.70. The van der Waals surface area contributed by atoms with Gasteiger partial charge >= 0.3 is 0 Å². The van der Waals surface area contributed by atoms with Crippen molar-refractivity contribution in [1.82, 2.24) is 5.32 Å². The zero-order valence-electron chi connectivity index (χ0n) is 11.4. The first-order chi connectivity index (χ1) is 9.10. The largest absolute Gasteiger partial charge is 0.349 e. The van der Waals surface area contributed by atoms with Gasteiger partial charge < -0.3 is 5.32 Å². The molecule has 0 bridgehead atoms.